The van der Waals surface area contributed by atoms with Gasteiger partial charge in [-0.05, 0) is 68.4 Å². The van der Waals surface area contributed by atoms with Gasteiger partial charge >= 0.3 is 5.97 Å². The third-order valence-corrected chi connectivity index (χ3v) is 5.99. The molecular formula is C25H27N3O4. The van der Waals surface area contributed by atoms with E-state index in [2.05, 4.69) is 4.90 Å². The zero-order valence-electron chi connectivity index (χ0n) is 18.5. The number of nitrogens with zero attached hydrogens (tertiary/aromatic N) is 3. The van der Waals surface area contributed by atoms with Crippen LogP contribution in [0.2, 0.25) is 0 Å². The Morgan fingerprint density at radius 2 is 1.50 bits per heavy atom. The molecular weight excluding hydrogens is 406 g/mol. The van der Waals surface area contributed by atoms with Crippen LogP contribution >= 0.6 is 0 Å². The molecule has 1 N–H and O–H groups in total. The first-order chi connectivity index (χ1) is 15.4. The molecule has 2 aromatic carbocycles. The average molecular weight is 434 g/mol. The maximum atomic E-state index is 13.2. The van der Waals surface area contributed by atoms with Crippen LogP contribution in [0.4, 0.5) is 5.69 Å². The Labute approximate surface area is 187 Å². The molecule has 0 spiro atoms. The van der Waals surface area contributed by atoms with E-state index in [1.54, 1.807) is 19.2 Å². The van der Waals surface area contributed by atoms with E-state index in [1.165, 1.54) is 6.07 Å². The van der Waals surface area contributed by atoms with Gasteiger partial charge in [0, 0.05) is 48.8 Å². The van der Waals surface area contributed by atoms with E-state index in [4.69, 9.17) is 4.74 Å². The Kier molecular flexibility index (Phi) is 5.90. The Morgan fingerprint density at radius 3 is 2.06 bits per heavy atom. The monoisotopic (exact) mass is 433 g/mol. The predicted molar refractivity (Wildman–Crippen MR) is 123 cm³/mol. The number of piperazine rings is 1. The van der Waals surface area contributed by atoms with Gasteiger partial charge in [-0.2, -0.15) is 0 Å². The van der Waals surface area contributed by atoms with Crippen molar-refractivity contribution in [3.63, 3.8) is 0 Å². The summed E-state index contributed by atoms with van der Waals surface area (Å²) in [6.07, 6.45) is 0. The number of aromatic nitrogens is 1. The maximum absolute atomic E-state index is 13.2. The molecule has 3 aromatic rings. The first-order valence-corrected chi connectivity index (χ1v) is 10.6. The van der Waals surface area contributed by atoms with Gasteiger partial charge < -0.3 is 24.2 Å². The van der Waals surface area contributed by atoms with Gasteiger partial charge in [0.1, 0.15) is 5.75 Å². The van der Waals surface area contributed by atoms with Crippen molar-refractivity contribution in [3.05, 3.63) is 77.1 Å². The maximum Gasteiger partial charge on any atom is 0.337 e. The lowest BCUT2D eigenvalue weighted by Gasteiger charge is -2.36. The number of benzene rings is 2. The van der Waals surface area contributed by atoms with E-state index in [9.17, 15) is 14.7 Å². The minimum atomic E-state index is -1.01. The molecule has 0 bridgehead atoms. The van der Waals surface area contributed by atoms with E-state index in [-0.39, 0.29) is 11.5 Å². The van der Waals surface area contributed by atoms with Gasteiger partial charge in [0.15, 0.2) is 0 Å². The summed E-state index contributed by atoms with van der Waals surface area (Å²) in [6.45, 7) is 6.50. The fourth-order valence-corrected chi connectivity index (χ4v) is 4.22. The van der Waals surface area contributed by atoms with Crippen LogP contribution in [0.15, 0.2) is 54.6 Å². The zero-order valence-corrected chi connectivity index (χ0v) is 18.5. The topological polar surface area (TPSA) is 75.0 Å². The number of carbonyl (C=O) groups excluding carboxylic acids is 1. The second-order valence-electron chi connectivity index (χ2n) is 7.97. The molecule has 1 aliphatic rings. The summed E-state index contributed by atoms with van der Waals surface area (Å²) in [5.74, 6) is -0.282. The van der Waals surface area contributed by atoms with Crippen molar-refractivity contribution < 1.29 is 19.4 Å². The number of ether oxygens (including phenoxy) is 1. The summed E-state index contributed by atoms with van der Waals surface area (Å²) in [7, 11) is 1.65. The Balaban J connectivity index is 1.54. The molecule has 2 heterocycles. The normalized spacial score (nSPS) is 13.8. The van der Waals surface area contributed by atoms with Gasteiger partial charge in [-0.1, -0.05) is 0 Å². The molecule has 0 unspecified atom stereocenters. The lowest BCUT2D eigenvalue weighted by Crippen LogP contribution is -2.48. The first kappa shape index (κ1) is 21.5. The van der Waals surface area contributed by atoms with Crippen molar-refractivity contribution in [3.8, 4) is 11.4 Å². The van der Waals surface area contributed by atoms with Crippen LogP contribution in [-0.2, 0) is 0 Å². The van der Waals surface area contributed by atoms with E-state index in [0.29, 0.717) is 24.3 Å². The van der Waals surface area contributed by atoms with Gasteiger partial charge in [-0.15, -0.1) is 0 Å². The van der Waals surface area contributed by atoms with Crippen LogP contribution < -0.4 is 9.64 Å². The summed E-state index contributed by atoms with van der Waals surface area (Å²) in [6, 6.07) is 16.6. The minimum Gasteiger partial charge on any atom is -0.497 e. The van der Waals surface area contributed by atoms with Crippen molar-refractivity contribution in [2.24, 2.45) is 0 Å². The minimum absolute atomic E-state index is 0.0833. The Morgan fingerprint density at radius 1 is 0.875 bits per heavy atom. The number of rotatable bonds is 5. The van der Waals surface area contributed by atoms with E-state index < -0.39 is 5.97 Å². The molecule has 1 fully saturated rings. The van der Waals surface area contributed by atoms with E-state index in [1.807, 2.05) is 59.7 Å². The zero-order chi connectivity index (χ0) is 22.8. The van der Waals surface area contributed by atoms with Crippen LogP contribution in [0.3, 0.4) is 0 Å². The van der Waals surface area contributed by atoms with Crippen molar-refractivity contribution in [2.75, 3.05) is 38.2 Å². The molecule has 1 amide bonds. The van der Waals surface area contributed by atoms with Crippen LogP contribution in [0, 0.1) is 13.8 Å². The van der Waals surface area contributed by atoms with Crippen molar-refractivity contribution in [1.82, 2.24) is 9.47 Å². The highest BCUT2D eigenvalue weighted by Gasteiger charge is 2.24. The third kappa shape index (κ3) is 4.06. The molecule has 7 nitrogen and oxygen atoms in total. The van der Waals surface area contributed by atoms with Crippen LogP contribution in [0.5, 0.6) is 5.75 Å². The molecule has 0 aliphatic carbocycles. The molecule has 0 radical (unpaired) electrons. The molecule has 1 saturated heterocycles. The number of aromatic carboxylic acids is 1. The quantitative estimate of drug-likeness (QED) is 0.663. The number of methoxy groups -OCH3 is 1. The fourth-order valence-electron chi connectivity index (χ4n) is 4.22. The number of anilines is 1. The van der Waals surface area contributed by atoms with E-state index in [0.717, 1.165) is 35.9 Å². The SMILES string of the molecule is COc1ccc(N2CCN(C(=O)c3ccc(C(=O)O)c(-n4c(C)ccc4C)c3)CC2)cc1. The van der Waals surface area contributed by atoms with Crippen LogP contribution in [-0.4, -0.2) is 59.7 Å². The van der Waals surface area contributed by atoms with E-state index >= 15 is 0 Å². The van der Waals surface area contributed by atoms with Crippen LogP contribution in [0.1, 0.15) is 32.1 Å². The molecule has 1 aromatic heterocycles. The number of hydrogen-bond acceptors (Lipinski definition) is 4. The van der Waals surface area contributed by atoms with Gasteiger partial charge in [0.05, 0.1) is 18.4 Å². The Hall–Kier alpha value is -3.74. The first-order valence-electron chi connectivity index (χ1n) is 10.6. The summed E-state index contributed by atoms with van der Waals surface area (Å²) < 4.78 is 7.10. The largest absolute Gasteiger partial charge is 0.497 e. The second-order valence-corrected chi connectivity index (χ2v) is 7.97. The second kappa shape index (κ2) is 8.78. The average Bonchev–Trinajstić information content (AvgIpc) is 3.16. The molecule has 0 saturated carbocycles. The predicted octanol–water partition coefficient (Wildman–Crippen LogP) is 3.76. The number of amides is 1. The number of carboxylic acid groups (broad SMARTS) is 1. The highest BCUT2D eigenvalue weighted by atomic mass is 16.5. The lowest BCUT2D eigenvalue weighted by atomic mass is 10.1. The van der Waals surface area contributed by atoms with Gasteiger partial charge in [-0.3, -0.25) is 4.79 Å². The number of hydrogen-bond donors (Lipinski definition) is 1. The number of carboxylic acids is 1. The Bertz CT molecular complexity index is 1120. The molecule has 0 atom stereocenters. The third-order valence-electron chi connectivity index (χ3n) is 5.99. The van der Waals surface area contributed by atoms with Crippen molar-refractivity contribution >= 4 is 17.6 Å². The van der Waals surface area contributed by atoms with Crippen LogP contribution in [0.25, 0.3) is 5.69 Å². The summed E-state index contributed by atoms with van der Waals surface area (Å²) in [5, 5.41) is 9.67. The van der Waals surface area contributed by atoms with Crippen molar-refractivity contribution in [2.45, 2.75) is 13.8 Å². The molecule has 7 heteroatoms. The molecule has 4 rings (SSSR count). The highest BCUT2D eigenvalue weighted by Crippen LogP contribution is 2.24. The van der Waals surface area contributed by atoms with Gasteiger partial charge in [0.25, 0.3) is 5.91 Å². The summed E-state index contributed by atoms with van der Waals surface area (Å²) in [4.78, 5) is 29.1. The summed E-state index contributed by atoms with van der Waals surface area (Å²) in [5.41, 5.74) is 4.12. The summed E-state index contributed by atoms with van der Waals surface area (Å²) >= 11 is 0. The van der Waals surface area contributed by atoms with Gasteiger partial charge in [0.2, 0.25) is 0 Å². The van der Waals surface area contributed by atoms with Gasteiger partial charge in [-0.25, -0.2) is 4.79 Å². The molecule has 32 heavy (non-hydrogen) atoms. The number of aryl methyl sites for hydroxylation is 2. The highest BCUT2D eigenvalue weighted by molar-refractivity contribution is 5.98. The number of carbonyl (C=O) groups is 2. The molecule has 166 valence electrons. The molecule has 1 aliphatic heterocycles. The fraction of sp³-hybridized carbons (Fsp3) is 0.280. The lowest BCUT2D eigenvalue weighted by molar-refractivity contribution is 0.0693. The smallest absolute Gasteiger partial charge is 0.337 e. The van der Waals surface area contributed by atoms with Crippen molar-refractivity contribution in [1.29, 1.82) is 0 Å². The standard InChI is InChI=1S/C25H27N3O4/c1-17-4-5-18(2)28(17)23-16-19(6-11-22(23)25(30)31)24(29)27-14-12-26(13-15-27)20-7-9-21(32-3)10-8-20/h4-11,16H,12-15H2,1-3H3,(H,30,31).